The molecule has 0 aliphatic carbocycles. The van der Waals surface area contributed by atoms with Gasteiger partial charge in [0.15, 0.2) is 0 Å². The Morgan fingerprint density at radius 2 is 2.15 bits per heavy atom. The van der Waals surface area contributed by atoms with E-state index in [4.69, 9.17) is 0 Å². The van der Waals surface area contributed by atoms with Crippen molar-refractivity contribution >= 4 is 16.8 Å². The van der Waals surface area contributed by atoms with Crippen LogP contribution in [0.1, 0.15) is 31.4 Å². The normalized spacial score (nSPS) is 16.2. The number of benzene rings is 2. The number of carbonyl (C=O) groups excluding carboxylic acids is 1. The minimum Gasteiger partial charge on any atom is -0.325 e. The van der Waals surface area contributed by atoms with E-state index in [1.807, 2.05) is 18.2 Å². The van der Waals surface area contributed by atoms with E-state index in [9.17, 15) is 9.18 Å². The summed E-state index contributed by atoms with van der Waals surface area (Å²) in [5, 5.41) is 0.828. The molecule has 2 heterocycles. The van der Waals surface area contributed by atoms with E-state index in [0.717, 1.165) is 34.9 Å². The van der Waals surface area contributed by atoms with E-state index >= 15 is 0 Å². The van der Waals surface area contributed by atoms with Crippen LogP contribution in [0, 0.1) is 17.7 Å². The quantitative estimate of drug-likeness (QED) is 0.647. The molecular formula is C22H18FN3O. The van der Waals surface area contributed by atoms with Gasteiger partial charge in [-0.1, -0.05) is 24.1 Å². The first-order chi connectivity index (χ1) is 13.2. The molecule has 1 saturated heterocycles. The molecule has 3 aromatic rings. The zero-order valence-corrected chi connectivity index (χ0v) is 14.9. The summed E-state index contributed by atoms with van der Waals surface area (Å²) in [4.78, 5) is 22.8. The van der Waals surface area contributed by atoms with E-state index in [1.54, 1.807) is 30.2 Å². The maximum absolute atomic E-state index is 14.4. The van der Waals surface area contributed by atoms with Gasteiger partial charge in [-0.2, -0.15) is 0 Å². The molecule has 27 heavy (non-hydrogen) atoms. The van der Waals surface area contributed by atoms with Crippen molar-refractivity contribution < 1.29 is 9.18 Å². The summed E-state index contributed by atoms with van der Waals surface area (Å²) >= 11 is 0. The number of carbonyl (C=O) groups is 1. The third-order valence-corrected chi connectivity index (χ3v) is 4.93. The first kappa shape index (κ1) is 17.2. The van der Waals surface area contributed by atoms with Crippen molar-refractivity contribution in [2.24, 2.45) is 0 Å². The fourth-order valence-electron chi connectivity index (χ4n) is 3.75. The van der Waals surface area contributed by atoms with Crippen molar-refractivity contribution in [3.8, 4) is 23.0 Å². The van der Waals surface area contributed by atoms with Gasteiger partial charge in [-0.3, -0.25) is 4.79 Å². The maximum atomic E-state index is 14.4. The second-order valence-electron chi connectivity index (χ2n) is 6.54. The number of likely N-dealkylation sites (tertiary alicyclic amines) is 1. The molecule has 4 rings (SSSR count). The molecule has 1 aliphatic heterocycles. The molecule has 5 heteroatoms. The van der Waals surface area contributed by atoms with Crippen molar-refractivity contribution in [1.29, 1.82) is 0 Å². The van der Waals surface area contributed by atoms with Gasteiger partial charge in [0, 0.05) is 29.3 Å². The standard InChI is InChI=1S/C22H18FN3O/c1-2-6-21(27)26-10-5-9-20(26)18-12-15(17-7-3-4-8-19(17)23)11-16-13-24-14-25-22(16)18/h3-4,7-8,11-14,20H,5,9-10H2,1H3. The Balaban J connectivity index is 1.90. The Labute approximate surface area is 157 Å². The second kappa shape index (κ2) is 7.16. The predicted molar refractivity (Wildman–Crippen MR) is 102 cm³/mol. The van der Waals surface area contributed by atoms with Crippen LogP contribution in [0.4, 0.5) is 4.39 Å². The van der Waals surface area contributed by atoms with Crippen LogP contribution in [0.25, 0.3) is 22.0 Å². The van der Waals surface area contributed by atoms with Gasteiger partial charge in [-0.15, -0.1) is 0 Å². The van der Waals surface area contributed by atoms with Gasteiger partial charge >= 0.3 is 0 Å². The van der Waals surface area contributed by atoms with Gasteiger partial charge in [-0.05, 0) is 49.4 Å². The highest BCUT2D eigenvalue weighted by molar-refractivity contribution is 5.95. The molecule has 0 bridgehead atoms. The van der Waals surface area contributed by atoms with Gasteiger partial charge in [0.25, 0.3) is 5.91 Å². The summed E-state index contributed by atoms with van der Waals surface area (Å²) in [6.45, 7) is 2.32. The van der Waals surface area contributed by atoms with Gasteiger partial charge in [-0.25, -0.2) is 14.4 Å². The molecule has 2 aromatic carbocycles. The summed E-state index contributed by atoms with van der Waals surface area (Å²) in [5.74, 6) is 4.85. The largest absolute Gasteiger partial charge is 0.325 e. The van der Waals surface area contributed by atoms with Crippen molar-refractivity contribution in [1.82, 2.24) is 14.9 Å². The van der Waals surface area contributed by atoms with Crippen LogP contribution in [-0.2, 0) is 4.79 Å². The van der Waals surface area contributed by atoms with Crippen LogP contribution in [0.5, 0.6) is 0 Å². The third kappa shape index (κ3) is 3.15. The molecule has 1 aromatic heterocycles. The zero-order valence-electron chi connectivity index (χ0n) is 14.9. The lowest BCUT2D eigenvalue weighted by atomic mass is 9.95. The number of halogens is 1. The van der Waals surface area contributed by atoms with E-state index in [-0.39, 0.29) is 17.8 Å². The van der Waals surface area contributed by atoms with Crippen molar-refractivity contribution in [3.05, 3.63) is 60.3 Å². The Hall–Kier alpha value is -3.26. The molecule has 1 aliphatic rings. The predicted octanol–water partition coefficient (Wildman–Crippen LogP) is 4.12. The first-order valence-electron chi connectivity index (χ1n) is 8.91. The van der Waals surface area contributed by atoms with Gasteiger partial charge < -0.3 is 4.90 Å². The van der Waals surface area contributed by atoms with Gasteiger partial charge in [0.1, 0.15) is 12.1 Å². The summed E-state index contributed by atoms with van der Waals surface area (Å²) in [6, 6.07) is 10.4. The van der Waals surface area contributed by atoms with Crippen LogP contribution in [-0.4, -0.2) is 27.3 Å². The van der Waals surface area contributed by atoms with Gasteiger partial charge in [0.2, 0.25) is 0 Å². The maximum Gasteiger partial charge on any atom is 0.298 e. The summed E-state index contributed by atoms with van der Waals surface area (Å²) in [6.07, 6.45) is 4.96. The molecule has 134 valence electrons. The Bertz CT molecular complexity index is 1080. The highest BCUT2D eigenvalue weighted by Crippen LogP contribution is 2.38. The highest BCUT2D eigenvalue weighted by Gasteiger charge is 2.31. The van der Waals surface area contributed by atoms with Crippen molar-refractivity contribution in [3.63, 3.8) is 0 Å². The number of nitrogens with zero attached hydrogens (tertiary/aromatic N) is 3. The number of aromatic nitrogens is 2. The van der Waals surface area contributed by atoms with E-state index < -0.39 is 0 Å². The topological polar surface area (TPSA) is 46.1 Å². The number of hydrogen-bond donors (Lipinski definition) is 0. The smallest absolute Gasteiger partial charge is 0.298 e. The lowest BCUT2D eigenvalue weighted by Crippen LogP contribution is -2.29. The molecule has 1 amide bonds. The lowest BCUT2D eigenvalue weighted by Gasteiger charge is -2.24. The zero-order chi connectivity index (χ0) is 18.8. The van der Waals surface area contributed by atoms with Crippen LogP contribution in [0.3, 0.4) is 0 Å². The van der Waals surface area contributed by atoms with Crippen molar-refractivity contribution in [2.75, 3.05) is 6.54 Å². The van der Waals surface area contributed by atoms with E-state index in [0.29, 0.717) is 12.1 Å². The van der Waals surface area contributed by atoms with E-state index in [2.05, 4.69) is 21.8 Å². The fourth-order valence-corrected chi connectivity index (χ4v) is 3.75. The first-order valence-corrected chi connectivity index (χ1v) is 8.91. The molecule has 0 saturated carbocycles. The highest BCUT2D eigenvalue weighted by atomic mass is 19.1. The molecule has 1 unspecified atom stereocenters. The van der Waals surface area contributed by atoms with Crippen LogP contribution in [0.2, 0.25) is 0 Å². The number of fused-ring (bicyclic) bond motifs is 1. The monoisotopic (exact) mass is 359 g/mol. The SMILES string of the molecule is CC#CC(=O)N1CCCC1c1cc(-c2ccccc2F)cc2cncnc12. The minimum absolute atomic E-state index is 0.123. The minimum atomic E-state index is -0.282. The number of amides is 1. The van der Waals surface area contributed by atoms with Crippen LogP contribution < -0.4 is 0 Å². The summed E-state index contributed by atoms with van der Waals surface area (Å²) in [7, 11) is 0. The average molecular weight is 359 g/mol. The van der Waals surface area contributed by atoms with Crippen LogP contribution >= 0.6 is 0 Å². The van der Waals surface area contributed by atoms with Crippen LogP contribution in [0.15, 0.2) is 48.9 Å². The van der Waals surface area contributed by atoms with Gasteiger partial charge in [0.05, 0.1) is 11.6 Å². The van der Waals surface area contributed by atoms with Crippen molar-refractivity contribution in [2.45, 2.75) is 25.8 Å². The fraction of sp³-hybridized carbons (Fsp3) is 0.227. The molecule has 0 N–H and O–H groups in total. The molecule has 0 radical (unpaired) electrons. The Morgan fingerprint density at radius 1 is 1.30 bits per heavy atom. The summed E-state index contributed by atoms with van der Waals surface area (Å²) < 4.78 is 14.4. The Kier molecular flexibility index (Phi) is 4.55. The third-order valence-electron chi connectivity index (χ3n) is 4.93. The molecule has 1 atom stereocenters. The lowest BCUT2D eigenvalue weighted by molar-refractivity contribution is -0.125. The Morgan fingerprint density at radius 3 is 2.96 bits per heavy atom. The molecular weight excluding hydrogens is 341 g/mol. The molecule has 0 spiro atoms. The second-order valence-corrected chi connectivity index (χ2v) is 6.54. The number of rotatable bonds is 2. The molecule has 4 nitrogen and oxygen atoms in total. The molecule has 1 fully saturated rings. The number of hydrogen-bond acceptors (Lipinski definition) is 3. The summed E-state index contributed by atoms with van der Waals surface area (Å²) in [5.41, 5.74) is 2.98. The average Bonchev–Trinajstić information content (AvgIpc) is 3.17. The van der Waals surface area contributed by atoms with E-state index in [1.165, 1.54) is 12.4 Å².